The number of rotatable bonds is 4. The van der Waals surface area contributed by atoms with Crippen LogP contribution >= 0.6 is 11.8 Å². The Morgan fingerprint density at radius 3 is 2.60 bits per heavy atom. The van der Waals surface area contributed by atoms with Crippen LogP contribution in [-0.2, 0) is 10.5 Å². The summed E-state index contributed by atoms with van der Waals surface area (Å²) in [6, 6.07) is 12.3. The second kappa shape index (κ2) is 9.21. The summed E-state index contributed by atoms with van der Waals surface area (Å²) >= 11 is 1.49. The van der Waals surface area contributed by atoms with E-state index in [1.165, 1.54) is 23.9 Å². The molecule has 0 aliphatic rings. The smallest absolute Gasteiger partial charge is 0.475 e. The molecular weight excluding hydrogens is 491 g/mol. The van der Waals surface area contributed by atoms with Crippen molar-refractivity contribution in [1.29, 1.82) is 0 Å². The van der Waals surface area contributed by atoms with Gasteiger partial charge in [0.05, 0.1) is 21.7 Å². The lowest BCUT2D eigenvalue weighted by molar-refractivity contribution is -0.384. The van der Waals surface area contributed by atoms with Crippen LogP contribution in [0.2, 0.25) is 0 Å². The average molecular weight is 505 g/mol. The van der Waals surface area contributed by atoms with Gasteiger partial charge in [-0.05, 0) is 25.1 Å². The number of alkyl halides is 3. The molecule has 3 aromatic heterocycles. The number of aliphatic carboxylic acids is 1. The van der Waals surface area contributed by atoms with E-state index in [0.717, 1.165) is 21.5 Å². The number of aryl methyl sites for hydroxylation is 1. The van der Waals surface area contributed by atoms with Crippen molar-refractivity contribution in [3.63, 3.8) is 0 Å². The fourth-order valence-electron chi connectivity index (χ4n) is 3.14. The van der Waals surface area contributed by atoms with Gasteiger partial charge in [-0.25, -0.2) is 19.7 Å². The molecule has 0 saturated carbocycles. The molecule has 2 aromatic carbocycles. The van der Waals surface area contributed by atoms with Crippen LogP contribution in [0.5, 0.6) is 0 Å². The Hall–Kier alpha value is -4.20. The number of carboxylic acid groups (broad SMARTS) is 1. The van der Waals surface area contributed by atoms with Crippen LogP contribution in [0, 0.1) is 17.0 Å². The molecule has 0 fully saturated rings. The van der Waals surface area contributed by atoms with Crippen molar-refractivity contribution in [2.45, 2.75) is 23.9 Å². The van der Waals surface area contributed by atoms with Crippen molar-refractivity contribution < 1.29 is 32.4 Å². The predicted octanol–water partition coefficient (Wildman–Crippen LogP) is 5.39. The third-order valence-electron chi connectivity index (χ3n) is 4.61. The highest BCUT2D eigenvalue weighted by atomic mass is 32.2. The number of halogens is 3. The standard InChI is InChI=1S/C19H13N5O3S.C2HF3O2/c1-10-20-17-12-4-2-3-5-15(12)27-18(17)19(21-10)28-9-16-22-13-7-6-11(24(25)26)8-14(13)23-16;3-2(4,5)1(6)7/h2-8H,9H2,1H3,(H,22,23);(H,6,7). The van der Waals surface area contributed by atoms with Crippen molar-refractivity contribution in [2.75, 3.05) is 0 Å². The number of aromatic amines is 1. The Kier molecular flexibility index (Phi) is 6.30. The van der Waals surface area contributed by atoms with E-state index in [2.05, 4.69) is 19.9 Å². The van der Waals surface area contributed by atoms with Crippen LogP contribution < -0.4 is 0 Å². The van der Waals surface area contributed by atoms with Crippen LogP contribution in [-0.4, -0.2) is 42.1 Å². The van der Waals surface area contributed by atoms with Gasteiger partial charge < -0.3 is 14.5 Å². The summed E-state index contributed by atoms with van der Waals surface area (Å²) < 4.78 is 37.7. The molecule has 0 aliphatic heterocycles. The lowest BCUT2D eigenvalue weighted by Gasteiger charge is -2.01. The van der Waals surface area contributed by atoms with Crippen molar-refractivity contribution in [2.24, 2.45) is 0 Å². The molecule has 180 valence electrons. The maximum absolute atomic E-state index is 10.9. The fraction of sp³-hybridized carbons (Fsp3) is 0.143. The minimum absolute atomic E-state index is 0.0331. The molecule has 0 spiro atoms. The summed E-state index contributed by atoms with van der Waals surface area (Å²) in [7, 11) is 0. The first-order valence-corrected chi connectivity index (χ1v) is 10.7. The van der Waals surface area contributed by atoms with Gasteiger partial charge >= 0.3 is 12.1 Å². The van der Waals surface area contributed by atoms with Crippen molar-refractivity contribution in [3.05, 3.63) is 64.2 Å². The van der Waals surface area contributed by atoms with Gasteiger partial charge in [0.2, 0.25) is 0 Å². The number of non-ortho nitro benzene ring substituents is 1. The fourth-order valence-corrected chi connectivity index (χ4v) is 4.02. The Morgan fingerprint density at radius 1 is 1.20 bits per heavy atom. The number of thioether (sulfide) groups is 1. The number of carbonyl (C=O) groups is 1. The van der Waals surface area contributed by atoms with Gasteiger partial charge in [0.25, 0.3) is 5.69 Å². The minimum Gasteiger partial charge on any atom is -0.475 e. The third kappa shape index (κ3) is 5.16. The van der Waals surface area contributed by atoms with Gasteiger partial charge in [-0.2, -0.15) is 13.2 Å². The number of hydrogen-bond donors (Lipinski definition) is 2. The molecule has 14 heteroatoms. The molecule has 10 nitrogen and oxygen atoms in total. The molecule has 0 bridgehead atoms. The van der Waals surface area contributed by atoms with E-state index >= 15 is 0 Å². The summed E-state index contributed by atoms with van der Waals surface area (Å²) in [6.07, 6.45) is -5.08. The minimum atomic E-state index is -5.08. The van der Waals surface area contributed by atoms with Crippen LogP contribution in [0.15, 0.2) is 51.9 Å². The number of nitrogens with one attached hydrogen (secondary N) is 1. The summed E-state index contributed by atoms with van der Waals surface area (Å²) in [5.41, 5.74) is 3.59. The van der Waals surface area contributed by atoms with E-state index in [-0.39, 0.29) is 5.69 Å². The maximum Gasteiger partial charge on any atom is 0.490 e. The number of furan rings is 1. The predicted molar refractivity (Wildman–Crippen MR) is 120 cm³/mol. The number of fused-ring (bicyclic) bond motifs is 4. The van der Waals surface area contributed by atoms with E-state index in [0.29, 0.717) is 34.0 Å². The van der Waals surface area contributed by atoms with Crippen LogP contribution in [0.4, 0.5) is 18.9 Å². The number of hydrogen-bond acceptors (Lipinski definition) is 8. The van der Waals surface area contributed by atoms with Crippen LogP contribution in [0.3, 0.4) is 0 Å². The molecule has 3 heterocycles. The van der Waals surface area contributed by atoms with Gasteiger partial charge in [-0.15, -0.1) is 0 Å². The first kappa shape index (κ1) is 23.9. The molecular formula is C21H14F3N5O5S. The highest BCUT2D eigenvalue weighted by Crippen LogP contribution is 2.34. The second-order valence-electron chi connectivity index (χ2n) is 7.09. The number of nitro benzene ring substituents is 1. The van der Waals surface area contributed by atoms with Crippen molar-refractivity contribution in [1.82, 2.24) is 19.9 Å². The van der Waals surface area contributed by atoms with Crippen molar-refractivity contribution in [3.8, 4) is 0 Å². The lowest BCUT2D eigenvalue weighted by atomic mass is 10.2. The molecule has 0 aliphatic carbocycles. The van der Waals surface area contributed by atoms with E-state index in [1.54, 1.807) is 6.07 Å². The van der Waals surface area contributed by atoms with E-state index < -0.39 is 17.1 Å². The van der Waals surface area contributed by atoms with E-state index in [4.69, 9.17) is 14.3 Å². The van der Waals surface area contributed by atoms with Gasteiger partial charge in [0, 0.05) is 17.5 Å². The number of H-pyrrole nitrogens is 1. The summed E-state index contributed by atoms with van der Waals surface area (Å²) in [4.78, 5) is 36.1. The number of benzene rings is 2. The molecule has 0 saturated heterocycles. The van der Waals surface area contributed by atoms with Gasteiger partial charge in [-0.1, -0.05) is 23.9 Å². The highest BCUT2D eigenvalue weighted by Gasteiger charge is 2.38. The lowest BCUT2D eigenvalue weighted by Crippen LogP contribution is -2.21. The van der Waals surface area contributed by atoms with Crippen LogP contribution in [0.1, 0.15) is 11.6 Å². The Morgan fingerprint density at radius 2 is 1.91 bits per heavy atom. The molecule has 2 N–H and O–H groups in total. The molecule has 5 rings (SSSR count). The zero-order chi connectivity index (χ0) is 25.3. The zero-order valence-electron chi connectivity index (χ0n) is 17.7. The number of para-hydroxylation sites is 1. The van der Waals surface area contributed by atoms with Gasteiger partial charge in [0.15, 0.2) is 5.58 Å². The second-order valence-corrected chi connectivity index (χ2v) is 8.05. The largest absolute Gasteiger partial charge is 0.490 e. The van der Waals surface area contributed by atoms with Crippen LogP contribution in [0.25, 0.3) is 33.1 Å². The summed E-state index contributed by atoms with van der Waals surface area (Å²) in [6.45, 7) is 1.85. The Bertz CT molecular complexity index is 1580. The summed E-state index contributed by atoms with van der Waals surface area (Å²) in [5.74, 6) is -0.860. The quantitative estimate of drug-likeness (QED) is 0.142. The molecule has 0 amide bonds. The number of nitro groups is 1. The normalized spacial score (nSPS) is 11.5. The number of nitrogens with zero attached hydrogens (tertiary/aromatic N) is 4. The molecule has 0 unspecified atom stereocenters. The van der Waals surface area contributed by atoms with Gasteiger partial charge in [0.1, 0.15) is 27.8 Å². The van der Waals surface area contributed by atoms with E-state index in [9.17, 15) is 23.3 Å². The maximum atomic E-state index is 10.9. The summed E-state index contributed by atoms with van der Waals surface area (Å²) in [5, 5.41) is 19.8. The third-order valence-corrected chi connectivity index (χ3v) is 5.58. The zero-order valence-corrected chi connectivity index (χ0v) is 18.5. The Balaban J connectivity index is 0.000000364. The number of aromatic nitrogens is 4. The first-order valence-electron chi connectivity index (χ1n) is 9.75. The molecule has 5 aromatic rings. The topological polar surface area (TPSA) is 148 Å². The Labute approximate surface area is 197 Å². The number of imidazole rings is 1. The average Bonchev–Trinajstić information content (AvgIpc) is 3.37. The molecule has 35 heavy (non-hydrogen) atoms. The first-order chi connectivity index (χ1) is 16.5. The SMILES string of the molecule is Cc1nc(SCc2nc3ccc([N+](=O)[O-])cc3[nH]2)c2oc3ccccc3c2n1.O=C(O)C(F)(F)F. The highest BCUT2D eigenvalue weighted by molar-refractivity contribution is 7.98. The molecule has 0 atom stereocenters. The molecule has 0 radical (unpaired) electrons. The van der Waals surface area contributed by atoms with Crippen molar-refractivity contribution >= 4 is 56.5 Å². The van der Waals surface area contributed by atoms with E-state index in [1.807, 2.05) is 31.2 Å². The number of carboxylic acids is 1. The van der Waals surface area contributed by atoms with Gasteiger partial charge in [-0.3, -0.25) is 10.1 Å². The monoisotopic (exact) mass is 505 g/mol.